The van der Waals surface area contributed by atoms with Crippen molar-refractivity contribution in [3.63, 3.8) is 0 Å². The van der Waals surface area contributed by atoms with Crippen molar-refractivity contribution in [2.24, 2.45) is 0 Å². The van der Waals surface area contributed by atoms with Gasteiger partial charge < -0.3 is 4.74 Å². The van der Waals surface area contributed by atoms with E-state index in [1.807, 2.05) is 24.3 Å². The molecule has 0 saturated heterocycles. The molecule has 0 saturated carbocycles. The van der Waals surface area contributed by atoms with Gasteiger partial charge in [0, 0.05) is 5.56 Å². The van der Waals surface area contributed by atoms with E-state index in [9.17, 15) is 0 Å². The largest absolute Gasteiger partial charge is 0.497 e. The van der Waals surface area contributed by atoms with E-state index in [2.05, 4.69) is 11.1 Å². The van der Waals surface area contributed by atoms with E-state index in [0.717, 1.165) is 21.2 Å². The average Bonchev–Trinajstić information content (AvgIpc) is 2.72. The summed E-state index contributed by atoms with van der Waals surface area (Å²) in [5.41, 5.74) is 0.945. The summed E-state index contributed by atoms with van der Waals surface area (Å²) in [6.07, 6.45) is 0.292. The lowest BCUT2D eigenvalue weighted by atomic mass is 10.2. The highest BCUT2D eigenvalue weighted by Gasteiger charge is 2.10. The Morgan fingerprint density at radius 3 is 3.06 bits per heavy atom. The Morgan fingerprint density at radius 2 is 2.35 bits per heavy atom. The predicted octanol–water partition coefficient (Wildman–Crippen LogP) is 3.54. The average molecular weight is 265 g/mol. The molecule has 0 N–H and O–H groups in total. The summed E-state index contributed by atoms with van der Waals surface area (Å²) in [6, 6.07) is 9.67. The van der Waals surface area contributed by atoms with Crippen molar-refractivity contribution in [1.82, 2.24) is 4.98 Å². The van der Waals surface area contributed by atoms with Crippen LogP contribution < -0.4 is 4.74 Å². The minimum Gasteiger partial charge on any atom is -0.497 e. The first-order valence-electron chi connectivity index (χ1n) is 4.91. The standard InChI is InChI=1S/C12H9ClN2OS/c1-16-9-4-2-3-8(7-9)12-15-11(13)10(17-12)5-6-14/h2-4,7H,5H2,1H3. The summed E-state index contributed by atoms with van der Waals surface area (Å²) in [6.45, 7) is 0. The monoisotopic (exact) mass is 264 g/mol. The van der Waals surface area contributed by atoms with Crippen LogP contribution in [0.3, 0.4) is 0 Å². The second-order valence-electron chi connectivity index (χ2n) is 3.30. The maximum absolute atomic E-state index is 8.66. The molecule has 1 aromatic heterocycles. The van der Waals surface area contributed by atoms with Gasteiger partial charge in [-0.1, -0.05) is 23.7 Å². The summed E-state index contributed by atoms with van der Waals surface area (Å²) in [5, 5.41) is 9.87. The fourth-order valence-corrected chi connectivity index (χ4v) is 2.59. The molecule has 0 unspecified atom stereocenters. The number of benzene rings is 1. The van der Waals surface area contributed by atoms with Crippen molar-refractivity contribution in [2.75, 3.05) is 7.11 Å². The van der Waals surface area contributed by atoms with Gasteiger partial charge in [-0.15, -0.1) is 11.3 Å². The minimum atomic E-state index is 0.292. The van der Waals surface area contributed by atoms with Crippen molar-refractivity contribution in [3.05, 3.63) is 34.3 Å². The third kappa shape index (κ3) is 2.57. The number of nitriles is 1. The van der Waals surface area contributed by atoms with Crippen molar-refractivity contribution in [2.45, 2.75) is 6.42 Å². The van der Waals surface area contributed by atoms with Crippen LogP contribution in [0.1, 0.15) is 4.88 Å². The van der Waals surface area contributed by atoms with Crippen LogP contribution >= 0.6 is 22.9 Å². The normalized spacial score (nSPS) is 9.94. The fraction of sp³-hybridized carbons (Fsp3) is 0.167. The molecular weight excluding hydrogens is 256 g/mol. The van der Waals surface area contributed by atoms with Gasteiger partial charge in [0.05, 0.1) is 24.5 Å². The molecule has 0 radical (unpaired) electrons. The smallest absolute Gasteiger partial charge is 0.144 e. The molecule has 17 heavy (non-hydrogen) atoms. The zero-order valence-electron chi connectivity index (χ0n) is 9.11. The maximum atomic E-state index is 8.66. The second-order valence-corrected chi connectivity index (χ2v) is 4.74. The summed E-state index contributed by atoms with van der Waals surface area (Å²) < 4.78 is 5.15. The molecule has 3 nitrogen and oxygen atoms in total. The van der Waals surface area contributed by atoms with Crippen LogP contribution in [0, 0.1) is 11.3 Å². The number of thiazole rings is 1. The lowest BCUT2D eigenvalue weighted by molar-refractivity contribution is 0.415. The lowest BCUT2D eigenvalue weighted by Crippen LogP contribution is -1.82. The van der Waals surface area contributed by atoms with Gasteiger partial charge in [0.2, 0.25) is 0 Å². The van der Waals surface area contributed by atoms with Gasteiger partial charge in [-0.3, -0.25) is 0 Å². The van der Waals surface area contributed by atoms with Gasteiger partial charge in [0.25, 0.3) is 0 Å². The number of halogens is 1. The first-order chi connectivity index (χ1) is 8.24. The van der Waals surface area contributed by atoms with E-state index in [-0.39, 0.29) is 0 Å². The number of nitrogens with zero attached hydrogens (tertiary/aromatic N) is 2. The predicted molar refractivity (Wildman–Crippen MR) is 68.4 cm³/mol. The highest BCUT2D eigenvalue weighted by Crippen LogP contribution is 2.32. The Labute approximate surface area is 108 Å². The van der Waals surface area contributed by atoms with Crippen molar-refractivity contribution < 1.29 is 4.74 Å². The molecule has 0 aliphatic rings. The van der Waals surface area contributed by atoms with Gasteiger partial charge in [0.15, 0.2) is 0 Å². The number of hydrogen-bond donors (Lipinski definition) is 0. The van der Waals surface area contributed by atoms with Crippen LogP contribution in [0.5, 0.6) is 5.75 Å². The number of aromatic nitrogens is 1. The van der Waals surface area contributed by atoms with Crippen LogP contribution in [-0.4, -0.2) is 12.1 Å². The van der Waals surface area contributed by atoms with E-state index < -0.39 is 0 Å². The zero-order valence-corrected chi connectivity index (χ0v) is 10.7. The van der Waals surface area contributed by atoms with Crippen molar-refractivity contribution >= 4 is 22.9 Å². The van der Waals surface area contributed by atoms with Crippen LogP contribution in [-0.2, 0) is 6.42 Å². The molecule has 2 rings (SSSR count). The van der Waals surface area contributed by atoms with Crippen molar-refractivity contribution in [1.29, 1.82) is 5.26 Å². The second kappa shape index (κ2) is 5.17. The van der Waals surface area contributed by atoms with E-state index in [1.54, 1.807) is 7.11 Å². The number of methoxy groups -OCH3 is 1. The molecule has 0 bridgehead atoms. The topological polar surface area (TPSA) is 45.9 Å². The SMILES string of the molecule is COc1cccc(-c2nc(Cl)c(CC#N)s2)c1. The molecular formula is C12H9ClN2OS. The molecule has 0 aliphatic carbocycles. The molecule has 1 aromatic carbocycles. The highest BCUT2D eigenvalue weighted by molar-refractivity contribution is 7.15. The van der Waals surface area contributed by atoms with Crippen LogP contribution in [0.4, 0.5) is 0 Å². The third-order valence-electron chi connectivity index (χ3n) is 2.21. The first-order valence-corrected chi connectivity index (χ1v) is 6.10. The quantitative estimate of drug-likeness (QED) is 0.852. The number of rotatable bonds is 3. The summed E-state index contributed by atoms with van der Waals surface area (Å²) in [5.74, 6) is 0.774. The van der Waals surface area contributed by atoms with E-state index >= 15 is 0 Å². The minimum absolute atomic E-state index is 0.292. The Balaban J connectivity index is 2.39. The maximum Gasteiger partial charge on any atom is 0.144 e. The van der Waals surface area contributed by atoms with Crippen LogP contribution in [0.25, 0.3) is 10.6 Å². The van der Waals surface area contributed by atoms with Gasteiger partial charge in [-0.25, -0.2) is 4.98 Å². The summed E-state index contributed by atoms with van der Waals surface area (Å²) >= 11 is 7.40. The highest BCUT2D eigenvalue weighted by atomic mass is 35.5. The molecule has 5 heteroatoms. The Hall–Kier alpha value is -1.57. The molecule has 1 heterocycles. The van der Waals surface area contributed by atoms with Crippen LogP contribution in [0.2, 0.25) is 5.15 Å². The zero-order chi connectivity index (χ0) is 12.3. The number of ether oxygens (including phenoxy) is 1. The molecule has 0 amide bonds. The van der Waals surface area contributed by atoms with Gasteiger partial charge >= 0.3 is 0 Å². The van der Waals surface area contributed by atoms with Crippen LogP contribution in [0.15, 0.2) is 24.3 Å². The van der Waals surface area contributed by atoms with E-state index in [0.29, 0.717) is 11.6 Å². The molecule has 0 fully saturated rings. The Bertz CT molecular complexity index is 574. The molecule has 86 valence electrons. The summed E-state index contributed by atoms with van der Waals surface area (Å²) in [4.78, 5) is 5.05. The molecule has 2 aromatic rings. The summed E-state index contributed by atoms with van der Waals surface area (Å²) in [7, 11) is 1.62. The molecule has 0 aliphatic heterocycles. The van der Waals surface area contributed by atoms with E-state index in [1.165, 1.54) is 11.3 Å². The van der Waals surface area contributed by atoms with Gasteiger partial charge in [-0.05, 0) is 12.1 Å². The third-order valence-corrected chi connectivity index (χ3v) is 3.74. The van der Waals surface area contributed by atoms with Gasteiger partial charge in [-0.2, -0.15) is 5.26 Å². The molecule has 0 atom stereocenters. The Kier molecular flexibility index (Phi) is 3.62. The lowest BCUT2D eigenvalue weighted by Gasteiger charge is -2.00. The Morgan fingerprint density at radius 1 is 1.53 bits per heavy atom. The fourth-order valence-electron chi connectivity index (χ4n) is 1.39. The van der Waals surface area contributed by atoms with E-state index in [4.69, 9.17) is 21.6 Å². The van der Waals surface area contributed by atoms with Gasteiger partial charge in [0.1, 0.15) is 15.9 Å². The number of hydrogen-bond acceptors (Lipinski definition) is 4. The molecule has 0 spiro atoms. The first kappa shape index (κ1) is 11.9. The van der Waals surface area contributed by atoms with Crippen molar-refractivity contribution in [3.8, 4) is 22.4 Å².